The van der Waals surface area contributed by atoms with Crippen molar-refractivity contribution in [1.29, 1.82) is 0 Å². The number of likely N-dealkylation sites (tertiary alicyclic amines) is 1. The van der Waals surface area contributed by atoms with Crippen LogP contribution in [-0.4, -0.2) is 62.7 Å². The normalized spacial score (nSPS) is 30.9. The molecule has 3 heteroatoms. The van der Waals surface area contributed by atoms with Crippen molar-refractivity contribution < 1.29 is 0 Å². The highest BCUT2D eigenvalue weighted by Crippen LogP contribution is 2.22. The number of rotatable bonds is 5. The third kappa shape index (κ3) is 5.05. The van der Waals surface area contributed by atoms with Crippen LogP contribution in [0, 0.1) is 11.8 Å². The van der Waals surface area contributed by atoms with E-state index < -0.39 is 0 Å². The molecule has 112 valence electrons. The van der Waals surface area contributed by atoms with Crippen molar-refractivity contribution in [3.63, 3.8) is 0 Å². The summed E-state index contributed by atoms with van der Waals surface area (Å²) in [5, 5.41) is 3.72. The fraction of sp³-hybridized carbons (Fsp3) is 1.00. The molecule has 1 N–H and O–H groups in total. The molecule has 0 bridgehead atoms. The molecule has 0 aliphatic carbocycles. The first-order valence-corrected chi connectivity index (χ1v) is 8.27. The van der Waals surface area contributed by atoms with E-state index in [0.29, 0.717) is 0 Å². The van der Waals surface area contributed by atoms with E-state index in [2.05, 4.69) is 36.1 Å². The first-order chi connectivity index (χ1) is 9.17. The largest absolute Gasteiger partial charge is 0.313 e. The van der Waals surface area contributed by atoms with Gasteiger partial charge in [0.2, 0.25) is 0 Å². The molecule has 2 aliphatic heterocycles. The Kier molecular flexibility index (Phi) is 6.11. The minimum atomic E-state index is 0.754. The molecule has 0 saturated carbocycles. The van der Waals surface area contributed by atoms with Gasteiger partial charge in [-0.1, -0.05) is 13.3 Å². The van der Waals surface area contributed by atoms with Crippen molar-refractivity contribution in [3.05, 3.63) is 0 Å². The van der Waals surface area contributed by atoms with Gasteiger partial charge in [-0.3, -0.25) is 0 Å². The van der Waals surface area contributed by atoms with Crippen LogP contribution >= 0.6 is 0 Å². The summed E-state index contributed by atoms with van der Waals surface area (Å²) < 4.78 is 0. The van der Waals surface area contributed by atoms with Crippen LogP contribution in [0.4, 0.5) is 0 Å². The van der Waals surface area contributed by atoms with Crippen LogP contribution in [0.5, 0.6) is 0 Å². The summed E-state index contributed by atoms with van der Waals surface area (Å²) >= 11 is 0. The maximum atomic E-state index is 3.72. The monoisotopic (exact) mass is 267 g/mol. The highest BCUT2D eigenvalue weighted by molar-refractivity contribution is 4.83. The minimum absolute atomic E-state index is 0.754. The third-order valence-electron chi connectivity index (χ3n) is 4.99. The van der Waals surface area contributed by atoms with Crippen LogP contribution in [-0.2, 0) is 0 Å². The van der Waals surface area contributed by atoms with Crippen molar-refractivity contribution in [1.82, 2.24) is 15.1 Å². The summed E-state index contributed by atoms with van der Waals surface area (Å²) in [6.45, 7) is 8.76. The molecule has 0 aromatic heterocycles. The summed E-state index contributed by atoms with van der Waals surface area (Å²) in [6.07, 6.45) is 6.93. The van der Waals surface area contributed by atoms with Gasteiger partial charge >= 0.3 is 0 Å². The Bertz CT molecular complexity index is 246. The minimum Gasteiger partial charge on any atom is -0.313 e. The van der Waals surface area contributed by atoms with E-state index >= 15 is 0 Å². The maximum Gasteiger partial charge on any atom is 0.0197 e. The number of piperidine rings is 2. The molecule has 19 heavy (non-hydrogen) atoms. The predicted molar refractivity (Wildman–Crippen MR) is 82.5 cm³/mol. The molecule has 0 aromatic carbocycles. The number of nitrogens with one attached hydrogen (secondary N) is 1. The van der Waals surface area contributed by atoms with Crippen molar-refractivity contribution in [2.75, 3.05) is 46.8 Å². The maximum absolute atomic E-state index is 3.72. The Labute approximate surface area is 119 Å². The van der Waals surface area contributed by atoms with Crippen molar-refractivity contribution in [2.45, 2.75) is 45.1 Å². The molecule has 0 spiro atoms. The second kappa shape index (κ2) is 7.61. The molecule has 2 atom stereocenters. The zero-order valence-corrected chi connectivity index (χ0v) is 13.2. The molecular weight excluding hydrogens is 234 g/mol. The summed E-state index contributed by atoms with van der Waals surface area (Å²) in [7, 11) is 4.40. The molecule has 0 radical (unpaired) electrons. The van der Waals surface area contributed by atoms with Gasteiger partial charge in [0, 0.05) is 19.1 Å². The fourth-order valence-electron chi connectivity index (χ4n) is 3.78. The zero-order chi connectivity index (χ0) is 13.7. The topological polar surface area (TPSA) is 18.5 Å². The Morgan fingerprint density at radius 1 is 1.11 bits per heavy atom. The Balaban J connectivity index is 1.67. The van der Waals surface area contributed by atoms with Crippen LogP contribution in [0.2, 0.25) is 0 Å². The number of hydrogen-bond acceptors (Lipinski definition) is 3. The average Bonchev–Trinajstić information content (AvgIpc) is 2.41. The van der Waals surface area contributed by atoms with Crippen LogP contribution in [0.3, 0.4) is 0 Å². The Hall–Kier alpha value is -0.120. The summed E-state index contributed by atoms with van der Waals surface area (Å²) in [5.41, 5.74) is 0. The molecule has 0 amide bonds. The molecule has 2 saturated heterocycles. The highest BCUT2D eigenvalue weighted by Gasteiger charge is 2.25. The van der Waals surface area contributed by atoms with Crippen molar-refractivity contribution in [3.8, 4) is 0 Å². The van der Waals surface area contributed by atoms with Crippen LogP contribution in [0.1, 0.15) is 39.0 Å². The van der Waals surface area contributed by atoms with Crippen molar-refractivity contribution in [2.24, 2.45) is 11.8 Å². The molecule has 2 aliphatic rings. The predicted octanol–water partition coefficient (Wildman–Crippen LogP) is 2.04. The molecule has 2 unspecified atom stereocenters. The smallest absolute Gasteiger partial charge is 0.0197 e. The zero-order valence-electron chi connectivity index (χ0n) is 13.2. The average molecular weight is 267 g/mol. The molecule has 2 rings (SSSR count). The van der Waals surface area contributed by atoms with Gasteiger partial charge in [0.1, 0.15) is 0 Å². The molecule has 2 heterocycles. The van der Waals surface area contributed by atoms with E-state index in [1.54, 1.807) is 0 Å². The fourth-order valence-corrected chi connectivity index (χ4v) is 3.78. The lowest BCUT2D eigenvalue weighted by atomic mass is 9.89. The van der Waals surface area contributed by atoms with Crippen LogP contribution in [0.25, 0.3) is 0 Å². The van der Waals surface area contributed by atoms with Gasteiger partial charge in [0.15, 0.2) is 0 Å². The van der Waals surface area contributed by atoms with E-state index in [9.17, 15) is 0 Å². The summed E-state index contributed by atoms with van der Waals surface area (Å²) in [6, 6.07) is 0.754. The molecule has 2 fully saturated rings. The second-order valence-electron chi connectivity index (χ2n) is 6.96. The van der Waals surface area contributed by atoms with E-state index in [-0.39, 0.29) is 0 Å². The first-order valence-electron chi connectivity index (χ1n) is 8.27. The third-order valence-corrected chi connectivity index (χ3v) is 4.99. The second-order valence-corrected chi connectivity index (χ2v) is 6.96. The Morgan fingerprint density at radius 2 is 1.84 bits per heavy atom. The van der Waals surface area contributed by atoms with E-state index in [1.165, 1.54) is 64.8 Å². The van der Waals surface area contributed by atoms with Gasteiger partial charge in [-0.05, 0) is 71.2 Å². The van der Waals surface area contributed by atoms with Gasteiger partial charge in [0.25, 0.3) is 0 Å². The van der Waals surface area contributed by atoms with E-state index in [0.717, 1.165) is 17.9 Å². The van der Waals surface area contributed by atoms with Gasteiger partial charge < -0.3 is 15.1 Å². The number of hydrogen-bond donors (Lipinski definition) is 1. The summed E-state index contributed by atoms with van der Waals surface area (Å²) in [5.74, 6) is 1.89. The highest BCUT2D eigenvalue weighted by atomic mass is 15.2. The van der Waals surface area contributed by atoms with Crippen LogP contribution in [0.15, 0.2) is 0 Å². The first kappa shape index (κ1) is 15.3. The van der Waals surface area contributed by atoms with E-state index in [4.69, 9.17) is 0 Å². The van der Waals surface area contributed by atoms with E-state index in [1.807, 2.05) is 0 Å². The SMILES string of the molecule is CCC1CCNC(CN2CCC(CN(C)C)CC2)C1. The van der Waals surface area contributed by atoms with Gasteiger partial charge in [-0.15, -0.1) is 0 Å². The standard InChI is InChI=1S/C16H33N3/c1-4-14-5-8-17-16(11-14)13-19-9-6-15(7-10-19)12-18(2)3/h14-17H,4-13H2,1-3H3. The van der Waals surface area contributed by atoms with Crippen molar-refractivity contribution >= 4 is 0 Å². The quantitative estimate of drug-likeness (QED) is 0.822. The molecular formula is C16H33N3. The lowest BCUT2D eigenvalue weighted by Crippen LogP contribution is -2.48. The summed E-state index contributed by atoms with van der Waals surface area (Å²) in [4.78, 5) is 5.04. The molecule has 0 aromatic rings. The molecule has 3 nitrogen and oxygen atoms in total. The van der Waals surface area contributed by atoms with Crippen LogP contribution < -0.4 is 5.32 Å². The lowest BCUT2D eigenvalue weighted by molar-refractivity contribution is 0.137. The number of nitrogens with zero attached hydrogens (tertiary/aromatic N) is 2. The Morgan fingerprint density at radius 3 is 2.47 bits per heavy atom. The van der Waals surface area contributed by atoms with Gasteiger partial charge in [-0.2, -0.15) is 0 Å². The van der Waals surface area contributed by atoms with Gasteiger partial charge in [0.05, 0.1) is 0 Å². The lowest BCUT2D eigenvalue weighted by Gasteiger charge is -2.38. The van der Waals surface area contributed by atoms with Gasteiger partial charge in [-0.25, -0.2) is 0 Å².